The number of benzene rings is 2. The van der Waals surface area contributed by atoms with Crippen molar-refractivity contribution in [3.05, 3.63) is 65.7 Å². The lowest BCUT2D eigenvalue weighted by Gasteiger charge is -2.09. The van der Waals surface area contributed by atoms with Crippen LogP contribution in [-0.4, -0.2) is 13.0 Å². The summed E-state index contributed by atoms with van der Waals surface area (Å²) in [7, 11) is 1.83. The highest BCUT2D eigenvalue weighted by molar-refractivity contribution is 6.37. The number of rotatable bonds is 1. The molecule has 2 nitrogen and oxygen atoms in total. The Labute approximate surface area is 113 Å². The van der Waals surface area contributed by atoms with E-state index in [1.807, 2.05) is 68.6 Å². The van der Waals surface area contributed by atoms with Crippen molar-refractivity contribution >= 4 is 22.7 Å². The van der Waals surface area contributed by atoms with Crippen molar-refractivity contribution in [3.8, 4) is 0 Å². The quantitative estimate of drug-likeness (QED) is 0.707. The number of likely N-dealkylation sites (N-methyl/N-ethyl adjacent to an activating group) is 1. The molecule has 0 fully saturated rings. The fourth-order valence-corrected chi connectivity index (χ4v) is 2.56. The molecule has 0 atom stereocenters. The molecule has 0 saturated heterocycles. The molecule has 2 aromatic rings. The van der Waals surface area contributed by atoms with Crippen LogP contribution in [0.2, 0.25) is 0 Å². The third kappa shape index (κ3) is 1.76. The van der Waals surface area contributed by atoms with Crippen LogP contribution in [0.1, 0.15) is 18.1 Å². The van der Waals surface area contributed by atoms with Gasteiger partial charge in [0, 0.05) is 12.6 Å². The molecule has 0 aromatic heterocycles. The van der Waals surface area contributed by atoms with Crippen LogP contribution in [0, 0.1) is 0 Å². The maximum Gasteiger partial charge on any atom is 0.259 e. The van der Waals surface area contributed by atoms with E-state index in [9.17, 15) is 4.79 Å². The Morgan fingerprint density at radius 3 is 2.32 bits per heavy atom. The zero-order valence-electron chi connectivity index (χ0n) is 11.1. The Balaban J connectivity index is 2.23. The first-order valence-corrected chi connectivity index (χ1v) is 6.34. The second-order valence-corrected chi connectivity index (χ2v) is 4.75. The summed E-state index contributed by atoms with van der Waals surface area (Å²) in [5, 5.41) is 0. The molecule has 0 N–H and O–H groups in total. The van der Waals surface area contributed by atoms with Crippen molar-refractivity contribution in [3.63, 3.8) is 0 Å². The number of anilines is 1. The minimum Gasteiger partial charge on any atom is -0.311 e. The second-order valence-electron chi connectivity index (χ2n) is 4.75. The first-order chi connectivity index (χ1) is 9.20. The van der Waals surface area contributed by atoms with Gasteiger partial charge < -0.3 is 4.90 Å². The standard InChI is InChI=1S/C17H15NO/c1-12(13-8-4-3-5-9-13)16-14-10-6-7-11-15(14)18(2)17(16)19/h3-11H,1-2H3/b16-12-. The zero-order valence-corrected chi connectivity index (χ0v) is 11.1. The van der Waals surface area contributed by atoms with Crippen LogP contribution >= 0.6 is 0 Å². The molecule has 0 bridgehead atoms. The number of carbonyl (C=O) groups excluding carboxylic acids is 1. The highest BCUT2D eigenvalue weighted by Gasteiger charge is 2.30. The Bertz CT molecular complexity index is 671. The zero-order chi connectivity index (χ0) is 13.4. The van der Waals surface area contributed by atoms with Crippen LogP contribution in [0.4, 0.5) is 5.69 Å². The van der Waals surface area contributed by atoms with E-state index in [1.165, 1.54) is 0 Å². The Hall–Kier alpha value is -2.35. The Morgan fingerprint density at radius 1 is 0.947 bits per heavy atom. The molecule has 2 aromatic carbocycles. The van der Waals surface area contributed by atoms with Crippen LogP contribution in [-0.2, 0) is 4.79 Å². The lowest BCUT2D eigenvalue weighted by atomic mass is 9.97. The molecule has 1 aliphatic heterocycles. The number of amides is 1. The molecule has 94 valence electrons. The molecule has 3 rings (SSSR count). The summed E-state index contributed by atoms with van der Waals surface area (Å²) in [6.07, 6.45) is 0. The summed E-state index contributed by atoms with van der Waals surface area (Å²) in [5.74, 6) is 0.0718. The smallest absolute Gasteiger partial charge is 0.259 e. The third-order valence-corrected chi connectivity index (χ3v) is 3.64. The van der Waals surface area contributed by atoms with Crippen LogP contribution in [0.5, 0.6) is 0 Å². The van der Waals surface area contributed by atoms with Crippen molar-refractivity contribution in [1.29, 1.82) is 0 Å². The monoisotopic (exact) mass is 249 g/mol. The summed E-state index contributed by atoms with van der Waals surface area (Å²) in [5.41, 5.74) is 4.94. The topological polar surface area (TPSA) is 20.3 Å². The molecule has 1 aliphatic rings. The van der Waals surface area contributed by atoms with E-state index in [0.717, 1.165) is 28.0 Å². The van der Waals surface area contributed by atoms with E-state index in [1.54, 1.807) is 4.90 Å². The van der Waals surface area contributed by atoms with Crippen molar-refractivity contribution in [1.82, 2.24) is 0 Å². The normalized spacial score (nSPS) is 16.5. The number of carbonyl (C=O) groups is 1. The van der Waals surface area contributed by atoms with Gasteiger partial charge in [-0.1, -0.05) is 48.5 Å². The predicted molar refractivity (Wildman–Crippen MR) is 78.8 cm³/mol. The van der Waals surface area contributed by atoms with Crippen LogP contribution in [0.25, 0.3) is 11.1 Å². The lowest BCUT2D eigenvalue weighted by Crippen LogP contribution is -2.20. The van der Waals surface area contributed by atoms with Gasteiger partial charge in [-0.25, -0.2) is 0 Å². The summed E-state index contributed by atoms with van der Waals surface area (Å²) in [6.45, 7) is 2.01. The fraction of sp³-hybridized carbons (Fsp3) is 0.118. The van der Waals surface area contributed by atoms with Gasteiger partial charge in [0.15, 0.2) is 0 Å². The van der Waals surface area contributed by atoms with E-state index in [4.69, 9.17) is 0 Å². The molecule has 0 unspecified atom stereocenters. The minimum atomic E-state index is 0.0718. The van der Waals surface area contributed by atoms with Gasteiger partial charge >= 0.3 is 0 Å². The molecular weight excluding hydrogens is 234 g/mol. The number of hydrogen-bond acceptors (Lipinski definition) is 1. The minimum absolute atomic E-state index is 0.0718. The Morgan fingerprint density at radius 2 is 1.58 bits per heavy atom. The molecule has 0 aliphatic carbocycles. The summed E-state index contributed by atoms with van der Waals surface area (Å²) in [6, 6.07) is 18.0. The van der Waals surface area contributed by atoms with E-state index in [0.29, 0.717) is 0 Å². The number of para-hydroxylation sites is 1. The van der Waals surface area contributed by atoms with Crippen LogP contribution < -0.4 is 4.90 Å². The highest BCUT2D eigenvalue weighted by atomic mass is 16.2. The van der Waals surface area contributed by atoms with Crippen molar-refractivity contribution in [2.24, 2.45) is 0 Å². The number of fused-ring (bicyclic) bond motifs is 1. The molecule has 1 heterocycles. The molecular formula is C17H15NO. The maximum absolute atomic E-state index is 12.4. The largest absolute Gasteiger partial charge is 0.311 e. The van der Waals surface area contributed by atoms with Crippen molar-refractivity contribution < 1.29 is 4.79 Å². The van der Waals surface area contributed by atoms with Crippen LogP contribution in [0.15, 0.2) is 54.6 Å². The van der Waals surface area contributed by atoms with Gasteiger partial charge in [-0.3, -0.25) is 4.79 Å². The number of allylic oxidation sites excluding steroid dienone is 1. The fourth-order valence-electron chi connectivity index (χ4n) is 2.56. The van der Waals surface area contributed by atoms with Gasteiger partial charge in [0.25, 0.3) is 5.91 Å². The third-order valence-electron chi connectivity index (χ3n) is 3.64. The summed E-state index contributed by atoms with van der Waals surface area (Å²) < 4.78 is 0. The lowest BCUT2D eigenvalue weighted by molar-refractivity contribution is -0.112. The summed E-state index contributed by atoms with van der Waals surface area (Å²) >= 11 is 0. The Kier molecular flexibility index (Phi) is 2.71. The van der Waals surface area contributed by atoms with Gasteiger partial charge in [-0.15, -0.1) is 0 Å². The highest BCUT2D eigenvalue weighted by Crippen LogP contribution is 2.39. The van der Waals surface area contributed by atoms with Gasteiger partial charge in [-0.05, 0) is 24.1 Å². The van der Waals surface area contributed by atoms with E-state index >= 15 is 0 Å². The van der Waals surface area contributed by atoms with E-state index in [2.05, 4.69) is 0 Å². The number of nitrogens with zero attached hydrogens (tertiary/aromatic N) is 1. The molecule has 1 amide bonds. The van der Waals surface area contributed by atoms with Crippen LogP contribution in [0.3, 0.4) is 0 Å². The first kappa shape index (κ1) is 11.7. The molecule has 0 spiro atoms. The summed E-state index contributed by atoms with van der Waals surface area (Å²) in [4.78, 5) is 14.2. The van der Waals surface area contributed by atoms with E-state index < -0.39 is 0 Å². The van der Waals surface area contributed by atoms with Crippen molar-refractivity contribution in [2.45, 2.75) is 6.92 Å². The van der Waals surface area contributed by atoms with E-state index in [-0.39, 0.29) is 5.91 Å². The SMILES string of the molecule is C/C(=C1/C(=O)N(C)c2ccccc21)c1ccccc1. The molecule has 0 radical (unpaired) electrons. The molecule has 19 heavy (non-hydrogen) atoms. The van der Waals surface area contributed by atoms with Crippen molar-refractivity contribution in [2.75, 3.05) is 11.9 Å². The van der Waals surface area contributed by atoms with Gasteiger partial charge in [0.1, 0.15) is 0 Å². The molecule has 2 heteroatoms. The average Bonchev–Trinajstić information content (AvgIpc) is 2.72. The first-order valence-electron chi connectivity index (χ1n) is 6.34. The van der Waals surface area contributed by atoms with Gasteiger partial charge in [0.2, 0.25) is 0 Å². The predicted octanol–water partition coefficient (Wildman–Crippen LogP) is 3.59. The maximum atomic E-state index is 12.4. The number of hydrogen-bond donors (Lipinski definition) is 0. The second kappa shape index (κ2) is 4.39. The van der Waals surface area contributed by atoms with Gasteiger partial charge in [0.05, 0.1) is 11.3 Å². The van der Waals surface area contributed by atoms with Gasteiger partial charge in [-0.2, -0.15) is 0 Å². The molecule has 0 saturated carbocycles. The average molecular weight is 249 g/mol.